The first-order valence-corrected chi connectivity index (χ1v) is 7.89. The molecule has 1 aliphatic carbocycles. The third-order valence-electron chi connectivity index (χ3n) is 5.04. The van der Waals surface area contributed by atoms with E-state index in [1.165, 1.54) is 12.8 Å². The van der Waals surface area contributed by atoms with Crippen LogP contribution in [-0.2, 0) is 9.47 Å². The molecule has 0 radical (unpaired) electrons. The van der Waals surface area contributed by atoms with Crippen LogP contribution in [0.15, 0.2) is 0 Å². The van der Waals surface area contributed by atoms with E-state index in [4.69, 9.17) is 15.3 Å². The molecule has 0 bridgehead atoms. The predicted molar refractivity (Wildman–Crippen MR) is 76.6 cm³/mol. The fraction of sp³-hybridized carbons (Fsp3) is 1.00. The highest BCUT2D eigenvalue weighted by Crippen LogP contribution is 2.41. The minimum Gasteiger partial charge on any atom is -0.381 e. The van der Waals surface area contributed by atoms with Crippen molar-refractivity contribution < 1.29 is 9.47 Å². The average Bonchev–Trinajstić information content (AvgIpc) is 2.44. The molecule has 0 aromatic heterocycles. The highest BCUT2D eigenvalue weighted by Gasteiger charge is 2.45. The zero-order valence-electron chi connectivity index (χ0n) is 12.5. The number of nitrogens with two attached hydrogens (primary N) is 1. The van der Waals surface area contributed by atoms with Gasteiger partial charge in [0.25, 0.3) is 0 Å². The van der Waals surface area contributed by atoms with Crippen molar-refractivity contribution in [2.24, 2.45) is 17.7 Å². The minimum atomic E-state index is -0.0575. The molecule has 0 spiro atoms. The van der Waals surface area contributed by atoms with Crippen molar-refractivity contribution in [3.63, 3.8) is 0 Å². The van der Waals surface area contributed by atoms with Crippen molar-refractivity contribution in [2.45, 2.75) is 64.0 Å². The van der Waals surface area contributed by atoms with Crippen molar-refractivity contribution in [2.75, 3.05) is 19.8 Å². The molecule has 3 N–H and O–H groups in total. The van der Waals surface area contributed by atoms with Crippen LogP contribution in [0.1, 0.15) is 52.4 Å². The molecule has 0 aromatic rings. The molecular formula is C15H30N2O2. The van der Waals surface area contributed by atoms with Crippen molar-refractivity contribution in [1.29, 1.82) is 0 Å². The molecule has 4 heteroatoms. The lowest BCUT2D eigenvalue weighted by Gasteiger charge is -2.48. The van der Waals surface area contributed by atoms with E-state index in [1.807, 2.05) is 0 Å². The minimum absolute atomic E-state index is 0.0575. The molecular weight excluding hydrogens is 240 g/mol. The largest absolute Gasteiger partial charge is 0.381 e. The number of hydrogen-bond donors (Lipinski definition) is 2. The van der Waals surface area contributed by atoms with Crippen LogP contribution in [0.3, 0.4) is 0 Å². The highest BCUT2D eigenvalue weighted by molar-refractivity contribution is 4.99. The lowest BCUT2D eigenvalue weighted by Crippen LogP contribution is -2.60. The number of rotatable bonds is 5. The maximum atomic E-state index is 6.24. The van der Waals surface area contributed by atoms with Gasteiger partial charge in [0.1, 0.15) is 0 Å². The summed E-state index contributed by atoms with van der Waals surface area (Å²) in [6.07, 6.45) is 6.96. The van der Waals surface area contributed by atoms with Gasteiger partial charge in [0.2, 0.25) is 0 Å². The Morgan fingerprint density at radius 1 is 1.26 bits per heavy atom. The molecule has 19 heavy (non-hydrogen) atoms. The first kappa shape index (κ1) is 15.2. The first-order valence-electron chi connectivity index (χ1n) is 7.89. The summed E-state index contributed by atoms with van der Waals surface area (Å²) in [6.45, 7) is 6.94. The summed E-state index contributed by atoms with van der Waals surface area (Å²) in [6, 6.07) is 0.267. The number of hydrazine groups is 1. The molecule has 0 amide bonds. The molecule has 1 heterocycles. The summed E-state index contributed by atoms with van der Waals surface area (Å²) in [4.78, 5) is 0. The maximum Gasteiger partial charge on any atom is 0.0850 e. The monoisotopic (exact) mass is 270 g/mol. The average molecular weight is 270 g/mol. The first-order chi connectivity index (χ1) is 9.22. The molecule has 2 aliphatic rings. The van der Waals surface area contributed by atoms with Gasteiger partial charge < -0.3 is 9.47 Å². The Balaban J connectivity index is 2.10. The van der Waals surface area contributed by atoms with Crippen LogP contribution in [0.5, 0.6) is 0 Å². The fourth-order valence-electron chi connectivity index (χ4n) is 3.85. The summed E-state index contributed by atoms with van der Waals surface area (Å²) in [5.41, 5.74) is 3.04. The van der Waals surface area contributed by atoms with E-state index in [-0.39, 0.29) is 11.6 Å². The molecule has 1 aliphatic heterocycles. The summed E-state index contributed by atoms with van der Waals surface area (Å²) >= 11 is 0. The van der Waals surface area contributed by atoms with Crippen LogP contribution in [-0.4, -0.2) is 31.5 Å². The molecule has 112 valence electrons. The van der Waals surface area contributed by atoms with Gasteiger partial charge in [0, 0.05) is 19.8 Å². The summed E-state index contributed by atoms with van der Waals surface area (Å²) < 4.78 is 11.7. The van der Waals surface area contributed by atoms with Crippen molar-refractivity contribution >= 4 is 0 Å². The van der Waals surface area contributed by atoms with E-state index in [0.29, 0.717) is 5.92 Å². The standard InChI is InChI=1S/C15H30N2O2/c1-3-19-15(8-4-12(2)5-9-15)14(17-16)13-6-10-18-11-7-13/h12-14,17H,3-11,16H2,1-2H3. The molecule has 1 saturated heterocycles. The van der Waals surface area contributed by atoms with Gasteiger partial charge in [0.15, 0.2) is 0 Å². The zero-order valence-corrected chi connectivity index (χ0v) is 12.5. The van der Waals surface area contributed by atoms with Crippen molar-refractivity contribution in [3.05, 3.63) is 0 Å². The summed E-state index contributed by atoms with van der Waals surface area (Å²) in [5, 5.41) is 0. The van der Waals surface area contributed by atoms with E-state index >= 15 is 0 Å². The second kappa shape index (κ2) is 7.02. The number of hydrogen-bond acceptors (Lipinski definition) is 4. The number of ether oxygens (including phenoxy) is 2. The van der Waals surface area contributed by atoms with Crippen LogP contribution in [0.25, 0.3) is 0 Å². The molecule has 2 fully saturated rings. The van der Waals surface area contributed by atoms with Gasteiger partial charge in [-0.05, 0) is 57.3 Å². The van der Waals surface area contributed by atoms with Gasteiger partial charge in [-0.25, -0.2) is 0 Å². The van der Waals surface area contributed by atoms with Gasteiger partial charge in [0.05, 0.1) is 11.6 Å². The SMILES string of the molecule is CCOC1(C(NN)C2CCOCC2)CCC(C)CC1. The smallest absolute Gasteiger partial charge is 0.0850 e. The topological polar surface area (TPSA) is 56.5 Å². The Kier molecular flexibility index (Phi) is 5.63. The molecule has 4 nitrogen and oxygen atoms in total. The van der Waals surface area contributed by atoms with Crippen LogP contribution >= 0.6 is 0 Å². The molecule has 2 rings (SSSR count). The second-order valence-electron chi connectivity index (χ2n) is 6.27. The Morgan fingerprint density at radius 2 is 1.89 bits per heavy atom. The third-order valence-corrected chi connectivity index (χ3v) is 5.04. The van der Waals surface area contributed by atoms with Gasteiger partial charge in [-0.3, -0.25) is 11.3 Å². The van der Waals surface area contributed by atoms with Crippen LogP contribution in [0, 0.1) is 11.8 Å². The quantitative estimate of drug-likeness (QED) is 0.594. The Bertz CT molecular complexity index is 259. The van der Waals surface area contributed by atoms with E-state index in [9.17, 15) is 0 Å². The summed E-state index contributed by atoms with van der Waals surface area (Å²) in [7, 11) is 0. The molecule has 1 saturated carbocycles. The van der Waals surface area contributed by atoms with Crippen LogP contribution < -0.4 is 11.3 Å². The van der Waals surface area contributed by atoms with Crippen LogP contribution in [0.4, 0.5) is 0 Å². The van der Waals surface area contributed by atoms with Gasteiger partial charge in [-0.15, -0.1) is 0 Å². The number of nitrogens with one attached hydrogen (secondary N) is 1. The fourth-order valence-corrected chi connectivity index (χ4v) is 3.85. The van der Waals surface area contributed by atoms with E-state index in [0.717, 1.165) is 51.4 Å². The second-order valence-corrected chi connectivity index (χ2v) is 6.27. The maximum absolute atomic E-state index is 6.24. The van der Waals surface area contributed by atoms with Gasteiger partial charge in [-0.2, -0.15) is 0 Å². The normalized spacial score (nSPS) is 35.2. The van der Waals surface area contributed by atoms with E-state index < -0.39 is 0 Å². The Hall–Kier alpha value is -0.160. The predicted octanol–water partition coefficient (Wildman–Crippen LogP) is 2.23. The van der Waals surface area contributed by atoms with E-state index in [1.54, 1.807) is 0 Å². The zero-order chi connectivity index (χ0) is 13.7. The van der Waals surface area contributed by atoms with Crippen molar-refractivity contribution in [3.8, 4) is 0 Å². The Morgan fingerprint density at radius 3 is 2.42 bits per heavy atom. The highest BCUT2D eigenvalue weighted by atomic mass is 16.5. The molecule has 1 atom stereocenters. The van der Waals surface area contributed by atoms with Crippen molar-refractivity contribution in [1.82, 2.24) is 5.43 Å². The van der Waals surface area contributed by atoms with Gasteiger partial charge in [-0.1, -0.05) is 6.92 Å². The lowest BCUT2D eigenvalue weighted by molar-refractivity contribution is -0.117. The summed E-state index contributed by atoms with van der Waals surface area (Å²) in [5.74, 6) is 7.32. The van der Waals surface area contributed by atoms with Crippen LogP contribution in [0.2, 0.25) is 0 Å². The third kappa shape index (κ3) is 3.48. The Labute approximate surface area is 117 Å². The molecule has 0 aromatic carbocycles. The van der Waals surface area contributed by atoms with Gasteiger partial charge >= 0.3 is 0 Å². The molecule has 1 unspecified atom stereocenters. The van der Waals surface area contributed by atoms with E-state index in [2.05, 4.69) is 19.3 Å². The lowest BCUT2D eigenvalue weighted by atomic mass is 9.70.